The van der Waals surface area contributed by atoms with Crippen molar-refractivity contribution < 1.29 is 0 Å². The van der Waals surface area contributed by atoms with E-state index in [-0.39, 0.29) is 0 Å². The number of hydrogen-bond acceptors (Lipinski definition) is 4. The Kier molecular flexibility index (Phi) is 2.78. The van der Waals surface area contributed by atoms with E-state index in [1.807, 2.05) is 24.3 Å². The molecule has 1 saturated carbocycles. The summed E-state index contributed by atoms with van der Waals surface area (Å²) in [5.74, 6) is 2.00. The molecule has 0 radical (unpaired) electrons. The zero-order valence-corrected chi connectivity index (χ0v) is 10.6. The molecular formula is C14H18N4. The van der Waals surface area contributed by atoms with Crippen LogP contribution in [-0.4, -0.2) is 16.0 Å². The molecule has 0 aliphatic heterocycles. The smallest absolute Gasteiger partial charge is 0.225 e. The Morgan fingerprint density at radius 3 is 2.83 bits per heavy atom. The Bertz CT molecular complexity index is 567. The maximum atomic E-state index is 5.97. The topological polar surface area (TPSA) is 63.8 Å². The SMILES string of the molecule is CC1CCC(Nc2nc(N)c3ccccc3n2)C1. The molecule has 0 bridgehead atoms. The van der Waals surface area contributed by atoms with E-state index < -0.39 is 0 Å². The van der Waals surface area contributed by atoms with Gasteiger partial charge in [-0.3, -0.25) is 0 Å². The molecule has 0 amide bonds. The highest BCUT2D eigenvalue weighted by atomic mass is 15.1. The molecule has 1 heterocycles. The number of rotatable bonds is 2. The lowest BCUT2D eigenvalue weighted by Gasteiger charge is -2.13. The number of hydrogen-bond donors (Lipinski definition) is 2. The van der Waals surface area contributed by atoms with Crippen LogP contribution in [0.4, 0.5) is 11.8 Å². The zero-order chi connectivity index (χ0) is 12.5. The lowest BCUT2D eigenvalue weighted by molar-refractivity contribution is 0.602. The normalized spacial score (nSPS) is 23.4. The molecule has 2 atom stereocenters. The van der Waals surface area contributed by atoms with Crippen LogP contribution in [0, 0.1) is 5.92 Å². The number of nitrogen functional groups attached to an aromatic ring is 1. The van der Waals surface area contributed by atoms with Crippen molar-refractivity contribution >= 4 is 22.7 Å². The van der Waals surface area contributed by atoms with Crippen molar-refractivity contribution in [2.24, 2.45) is 5.92 Å². The molecule has 1 aromatic carbocycles. The third-order valence-electron chi connectivity index (χ3n) is 3.66. The Morgan fingerprint density at radius 2 is 2.06 bits per heavy atom. The number of anilines is 2. The first-order valence-electron chi connectivity index (χ1n) is 6.51. The molecule has 4 heteroatoms. The first-order chi connectivity index (χ1) is 8.72. The summed E-state index contributed by atoms with van der Waals surface area (Å²) in [7, 11) is 0. The van der Waals surface area contributed by atoms with Crippen molar-refractivity contribution in [3.63, 3.8) is 0 Å². The first kappa shape index (κ1) is 11.3. The largest absolute Gasteiger partial charge is 0.383 e. The minimum atomic E-state index is 0.487. The van der Waals surface area contributed by atoms with E-state index in [4.69, 9.17) is 5.73 Å². The Morgan fingerprint density at radius 1 is 1.22 bits per heavy atom. The van der Waals surface area contributed by atoms with Crippen LogP contribution in [0.5, 0.6) is 0 Å². The van der Waals surface area contributed by atoms with Crippen LogP contribution >= 0.6 is 0 Å². The van der Waals surface area contributed by atoms with Gasteiger partial charge in [-0.1, -0.05) is 19.1 Å². The molecular weight excluding hydrogens is 224 g/mol. The minimum absolute atomic E-state index is 0.487. The molecule has 0 spiro atoms. The van der Waals surface area contributed by atoms with Crippen molar-refractivity contribution in [1.82, 2.24) is 9.97 Å². The van der Waals surface area contributed by atoms with Gasteiger partial charge >= 0.3 is 0 Å². The fourth-order valence-electron chi connectivity index (χ4n) is 2.69. The first-order valence-corrected chi connectivity index (χ1v) is 6.51. The molecule has 3 N–H and O–H groups in total. The summed E-state index contributed by atoms with van der Waals surface area (Å²) in [5, 5.41) is 4.32. The van der Waals surface area contributed by atoms with Crippen molar-refractivity contribution in [1.29, 1.82) is 0 Å². The van der Waals surface area contributed by atoms with E-state index in [2.05, 4.69) is 22.2 Å². The summed E-state index contributed by atoms with van der Waals surface area (Å²) >= 11 is 0. The van der Waals surface area contributed by atoms with Crippen LogP contribution in [0.2, 0.25) is 0 Å². The van der Waals surface area contributed by atoms with Crippen molar-refractivity contribution in [2.75, 3.05) is 11.1 Å². The van der Waals surface area contributed by atoms with Gasteiger partial charge < -0.3 is 11.1 Å². The fraction of sp³-hybridized carbons (Fsp3) is 0.429. The van der Waals surface area contributed by atoms with Crippen LogP contribution < -0.4 is 11.1 Å². The van der Waals surface area contributed by atoms with Crippen molar-refractivity contribution in [2.45, 2.75) is 32.2 Å². The predicted molar refractivity (Wildman–Crippen MR) is 74.4 cm³/mol. The number of benzene rings is 1. The number of aromatic nitrogens is 2. The number of fused-ring (bicyclic) bond motifs is 1. The number of para-hydroxylation sites is 1. The van der Waals surface area contributed by atoms with E-state index in [0.717, 1.165) is 16.8 Å². The number of nitrogens with zero attached hydrogens (tertiary/aromatic N) is 2. The molecule has 1 aromatic heterocycles. The third-order valence-corrected chi connectivity index (χ3v) is 3.66. The monoisotopic (exact) mass is 242 g/mol. The van der Waals surface area contributed by atoms with Gasteiger partial charge in [-0.05, 0) is 37.3 Å². The standard InChI is InChI=1S/C14H18N4/c1-9-6-7-10(8-9)16-14-17-12-5-3-2-4-11(12)13(15)18-14/h2-5,9-10H,6-8H2,1H3,(H3,15,16,17,18). The summed E-state index contributed by atoms with van der Waals surface area (Å²) in [4.78, 5) is 8.87. The maximum absolute atomic E-state index is 5.97. The van der Waals surface area contributed by atoms with E-state index in [0.29, 0.717) is 17.8 Å². The van der Waals surface area contributed by atoms with Crippen LogP contribution in [0.1, 0.15) is 26.2 Å². The highest BCUT2D eigenvalue weighted by Gasteiger charge is 2.21. The average Bonchev–Trinajstić information content (AvgIpc) is 2.75. The van der Waals surface area contributed by atoms with Crippen LogP contribution in [-0.2, 0) is 0 Å². The fourth-order valence-corrected chi connectivity index (χ4v) is 2.69. The molecule has 2 unspecified atom stereocenters. The Hall–Kier alpha value is -1.84. The molecule has 1 fully saturated rings. The van der Waals surface area contributed by atoms with Gasteiger partial charge in [0.2, 0.25) is 5.95 Å². The quantitative estimate of drug-likeness (QED) is 0.850. The maximum Gasteiger partial charge on any atom is 0.225 e. The van der Waals surface area contributed by atoms with E-state index in [9.17, 15) is 0 Å². The predicted octanol–water partition coefficient (Wildman–Crippen LogP) is 2.81. The van der Waals surface area contributed by atoms with Crippen molar-refractivity contribution in [3.8, 4) is 0 Å². The highest BCUT2D eigenvalue weighted by molar-refractivity contribution is 5.88. The Labute approximate surface area is 107 Å². The van der Waals surface area contributed by atoms with Gasteiger partial charge in [-0.15, -0.1) is 0 Å². The second-order valence-electron chi connectivity index (χ2n) is 5.21. The second-order valence-corrected chi connectivity index (χ2v) is 5.21. The summed E-state index contributed by atoms with van der Waals surface area (Å²) in [6.07, 6.45) is 3.66. The molecule has 1 aliphatic carbocycles. The summed E-state index contributed by atoms with van der Waals surface area (Å²) in [6, 6.07) is 8.33. The third kappa shape index (κ3) is 2.10. The van der Waals surface area contributed by atoms with Gasteiger partial charge in [-0.2, -0.15) is 4.98 Å². The molecule has 2 aromatic rings. The Balaban J connectivity index is 1.88. The average molecular weight is 242 g/mol. The van der Waals surface area contributed by atoms with E-state index >= 15 is 0 Å². The van der Waals surface area contributed by atoms with Crippen LogP contribution in [0.15, 0.2) is 24.3 Å². The summed E-state index contributed by atoms with van der Waals surface area (Å²) in [6.45, 7) is 2.29. The van der Waals surface area contributed by atoms with Crippen molar-refractivity contribution in [3.05, 3.63) is 24.3 Å². The molecule has 94 valence electrons. The van der Waals surface area contributed by atoms with E-state index in [1.54, 1.807) is 0 Å². The van der Waals surface area contributed by atoms with Gasteiger partial charge in [0, 0.05) is 11.4 Å². The van der Waals surface area contributed by atoms with Gasteiger partial charge in [0.05, 0.1) is 5.52 Å². The highest BCUT2D eigenvalue weighted by Crippen LogP contribution is 2.27. The van der Waals surface area contributed by atoms with Gasteiger partial charge in [0.25, 0.3) is 0 Å². The van der Waals surface area contributed by atoms with Crippen LogP contribution in [0.25, 0.3) is 10.9 Å². The zero-order valence-electron chi connectivity index (χ0n) is 10.6. The summed E-state index contributed by atoms with van der Waals surface area (Å²) < 4.78 is 0. The molecule has 0 saturated heterocycles. The molecule has 3 rings (SSSR count). The lowest BCUT2D eigenvalue weighted by atomic mass is 10.1. The minimum Gasteiger partial charge on any atom is -0.383 e. The van der Waals surface area contributed by atoms with Crippen LogP contribution in [0.3, 0.4) is 0 Å². The van der Waals surface area contributed by atoms with Gasteiger partial charge in [0.15, 0.2) is 0 Å². The lowest BCUT2D eigenvalue weighted by Crippen LogP contribution is -2.17. The van der Waals surface area contributed by atoms with Gasteiger partial charge in [0.1, 0.15) is 5.82 Å². The number of nitrogens with two attached hydrogens (primary N) is 1. The van der Waals surface area contributed by atoms with E-state index in [1.165, 1.54) is 19.3 Å². The molecule has 18 heavy (non-hydrogen) atoms. The second kappa shape index (κ2) is 4.44. The number of nitrogens with one attached hydrogen (secondary N) is 1. The molecule has 1 aliphatic rings. The van der Waals surface area contributed by atoms with Gasteiger partial charge in [-0.25, -0.2) is 4.98 Å². The summed E-state index contributed by atoms with van der Waals surface area (Å²) in [5.41, 5.74) is 6.87. The molecule has 4 nitrogen and oxygen atoms in total.